The smallest absolute Gasteiger partial charge is 0.205 e. The normalized spacial score (nSPS) is 31.8. The molecule has 16 heavy (non-hydrogen) atoms. The highest BCUT2D eigenvalue weighted by atomic mass is 79.9. The standard InChI is InChI=1S/C12H13BrO3/c1-14-11-8-4-5-15-12(8)16-10-3-2-7(13)6-9(10)11/h2-3,6,8,11-12H,4-5H2,1H3/t8-,11+,12+/m1/s1. The quantitative estimate of drug-likeness (QED) is 0.794. The minimum absolute atomic E-state index is 0.0775. The average molecular weight is 285 g/mol. The van der Waals surface area contributed by atoms with Crippen LogP contribution in [-0.2, 0) is 9.47 Å². The van der Waals surface area contributed by atoms with Gasteiger partial charge < -0.3 is 14.2 Å². The maximum Gasteiger partial charge on any atom is 0.205 e. The Balaban J connectivity index is 2.05. The monoisotopic (exact) mass is 284 g/mol. The molecule has 0 amide bonds. The molecule has 1 aromatic carbocycles. The molecule has 0 aliphatic carbocycles. The van der Waals surface area contributed by atoms with Crippen LogP contribution in [0.3, 0.4) is 0 Å². The van der Waals surface area contributed by atoms with Crippen molar-refractivity contribution >= 4 is 15.9 Å². The van der Waals surface area contributed by atoms with Crippen LogP contribution in [-0.4, -0.2) is 20.0 Å². The first-order valence-corrected chi connectivity index (χ1v) is 6.19. The summed E-state index contributed by atoms with van der Waals surface area (Å²) < 4.78 is 18.0. The van der Waals surface area contributed by atoms with Gasteiger partial charge in [-0.15, -0.1) is 0 Å². The van der Waals surface area contributed by atoms with Crippen molar-refractivity contribution in [1.82, 2.24) is 0 Å². The van der Waals surface area contributed by atoms with Gasteiger partial charge in [-0.1, -0.05) is 15.9 Å². The fourth-order valence-corrected chi connectivity index (χ4v) is 2.88. The number of halogens is 1. The molecule has 1 fully saturated rings. The Labute approximate surface area is 103 Å². The van der Waals surface area contributed by atoms with Gasteiger partial charge in [-0.25, -0.2) is 0 Å². The Kier molecular flexibility index (Phi) is 2.65. The largest absolute Gasteiger partial charge is 0.464 e. The molecule has 2 heterocycles. The van der Waals surface area contributed by atoms with Crippen molar-refractivity contribution in [1.29, 1.82) is 0 Å². The fourth-order valence-electron chi connectivity index (χ4n) is 2.50. The topological polar surface area (TPSA) is 27.7 Å². The third-order valence-corrected chi connectivity index (χ3v) is 3.74. The highest BCUT2D eigenvalue weighted by Gasteiger charge is 2.42. The van der Waals surface area contributed by atoms with E-state index in [0.29, 0.717) is 5.92 Å². The first-order valence-electron chi connectivity index (χ1n) is 5.40. The second-order valence-corrected chi connectivity index (χ2v) is 5.06. The fraction of sp³-hybridized carbons (Fsp3) is 0.500. The third kappa shape index (κ3) is 1.56. The van der Waals surface area contributed by atoms with E-state index in [-0.39, 0.29) is 12.4 Å². The first-order chi connectivity index (χ1) is 7.79. The summed E-state index contributed by atoms with van der Waals surface area (Å²) in [5.41, 5.74) is 1.11. The zero-order valence-electron chi connectivity index (χ0n) is 8.98. The Bertz CT molecular complexity index is 407. The summed E-state index contributed by atoms with van der Waals surface area (Å²) in [5, 5.41) is 0. The van der Waals surface area contributed by atoms with Crippen LogP contribution < -0.4 is 4.74 Å². The van der Waals surface area contributed by atoms with E-state index in [1.54, 1.807) is 7.11 Å². The molecule has 0 bridgehead atoms. The number of hydrogen-bond donors (Lipinski definition) is 0. The molecule has 3 nitrogen and oxygen atoms in total. The van der Waals surface area contributed by atoms with Crippen LogP contribution in [0.1, 0.15) is 18.1 Å². The summed E-state index contributed by atoms with van der Waals surface area (Å²) in [6.45, 7) is 0.754. The Hall–Kier alpha value is -0.580. The molecule has 1 aromatic rings. The van der Waals surface area contributed by atoms with Crippen molar-refractivity contribution in [3.8, 4) is 5.75 Å². The molecule has 2 aliphatic rings. The van der Waals surface area contributed by atoms with Gasteiger partial charge in [0.05, 0.1) is 18.6 Å². The van der Waals surface area contributed by atoms with Gasteiger partial charge in [-0.2, -0.15) is 0 Å². The molecule has 0 N–H and O–H groups in total. The summed E-state index contributed by atoms with van der Waals surface area (Å²) >= 11 is 3.48. The van der Waals surface area contributed by atoms with Crippen LogP contribution >= 0.6 is 15.9 Å². The van der Waals surface area contributed by atoms with Crippen molar-refractivity contribution < 1.29 is 14.2 Å². The zero-order chi connectivity index (χ0) is 11.1. The van der Waals surface area contributed by atoms with Crippen LogP contribution in [0.2, 0.25) is 0 Å². The number of fused-ring (bicyclic) bond motifs is 2. The number of hydrogen-bond acceptors (Lipinski definition) is 3. The number of benzene rings is 1. The number of ether oxygens (including phenoxy) is 3. The second kappa shape index (κ2) is 4.02. The van der Waals surface area contributed by atoms with Gasteiger partial charge in [0.1, 0.15) is 5.75 Å². The van der Waals surface area contributed by atoms with E-state index >= 15 is 0 Å². The third-order valence-electron chi connectivity index (χ3n) is 3.25. The second-order valence-electron chi connectivity index (χ2n) is 4.15. The molecular weight excluding hydrogens is 272 g/mol. The average Bonchev–Trinajstić information content (AvgIpc) is 2.73. The molecule has 1 saturated heterocycles. The van der Waals surface area contributed by atoms with E-state index in [1.807, 2.05) is 12.1 Å². The van der Waals surface area contributed by atoms with Gasteiger partial charge in [-0.05, 0) is 24.6 Å². The Morgan fingerprint density at radius 3 is 3.12 bits per heavy atom. The van der Waals surface area contributed by atoms with Crippen LogP contribution in [0.15, 0.2) is 22.7 Å². The number of methoxy groups -OCH3 is 1. The zero-order valence-corrected chi connectivity index (χ0v) is 10.6. The van der Waals surface area contributed by atoms with Crippen molar-refractivity contribution in [3.05, 3.63) is 28.2 Å². The highest BCUT2D eigenvalue weighted by molar-refractivity contribution is 9.10. The first kappa shape index (κ1) is 10.6. The molecule has 0 aromatic heterocycles. The van der Waals surface area contributed by atoms with Crippen molar-refractivity contribution in [3.63, 3.8) is 0 Å². The van der Waals surface area contributed by atoms with Gasteiger partial charge in [0.15, 0.2) is 0 Å². The summed E-state index contributed by atoms with van der Waals surface area (Å²) in [6.07, 6.45) is 0.933. The van der Waals surface area contributed by atoms with E-state index in [2.05, 4.69) is 22.0 Å². The highest BCUT2D eigenvalue weighted by Crippen LogP contribution is 2.45. The van der Waals surface area contributed by atoms with Crippen molar-refractivity contribution in [2.45, 2.75) is 18.8 Å². The molecule has 0 spiro atoms. The number of rotatable bonds is 1. The van der Waals surface area contributed by atoms with E-state index in [1.165, 1.54) is 0 Å². The van der Waals surface area contributed by atoms with Crippen LogP contribution in [0.4, 0.5) is 0 Å². The molecular formula is C12H13BrO3. The lowest BCUT2D eigenvalue weighted by Crippen LogP contribution is -2.33. The van der Waals surface area contributed by atoms with Crippen molar-refractivity contribution in [2.75, 3.05) is 13.7 Å². The summed E-state index contributed by atoms with van der Waals surface area (Å²) in [7, 11) is 1.75. The van der Waals surface area contributed by atoms with Gasteiger partial charge in [-0.3, -0.25) is 0 Å². The van der Waals surface area contributed by atoms with E-state index in [0.717, 1.165) is 28.8 Å². The maximum atomic E-state index is 5.82. The summed E-state index contributed by atoms with van der Waals surface area (Å²) in [4.78, 5) is 0. The van der Waals surface area contributed by atoms with E-state index in [9.17, 15) is 0 Å². The molecule has 0 radical (unpaired) electrons. The molecule has 0 saturated carbocycles. The molecule has 0 unspecified atom stereocenters. The minimum atomic E-state index is -0.140. The lowest BCUT2D eigenvalue weighted by molar-refractivity contribution is -0.112. The predicted octanol–water partition coefficient (Wildman–Crippen LogP) is 2.89. The minimum Gasteiger partial charge on any atom is -0.464 e. The summed E-state index contributed by atoms with van der Waals surface area (Å²) in [6, 6.07) is 6.00. The molecule has 86 valence electrons. The van der Waals surface area contributed by atoms with Gasteiger partial charge in [0.2, 0.25) is 6.29 Å². The van der Waals surface area contributed by atoms with Crippen molar-refractivity contribution in [2.24, 2.45) is 5.92 Å². The lowest BCUT2D eigenvalue weighted by atomic mass is 9.91. The molecule has 3 rings (SSSR count). The predicted molar refractivity (Wildman–Crippen MR) is 62.4 cm³/mol. The Morgan fingerprint density at radius 1 is 1.44 bits per heavy atom. The van der Waals surface area contributed by atoms with E-state index < -0.39 is 0 Å². The SMILES string of the molecule is CO[C@@H]1c2cc(Br)ccc2O[C@@H]2OCC[C@@H]21. The lowest BCUT2D eigenvalue weighted by Gasteiger charge is -2.33. The van der Waals surface area contributed by atoms with E-state index in [4.69, 9.17) is 14.2 Å². The molecule has 4 heteroatoms. The van der Waals surface area contributed by atoms with Crippen LogP contribution in [0.25, 0.3) is 0 Å². The van der Waals surface area contributed by atoms with Gasteiger partial charge in [0.25, 0.3) is 0 Å². The molecule has 3 atom stereocenters. The molecule has 2 aliphatic heterocycles. The Morgan fingerprint density at radius 2 is 2.31 bits per heavy atom. The van der Waals surface area contributed by atoms with Gasteiger partial charge in [0, 0.05) is 17.1 Å². The van der Waals surface area contributed by atoms with Gasteiger partial charge >= 0.3 is 0 Å². The van der Waals surface area contributed by atoms with Crippen LogP contribution in [0.5, 0.6) is 5.75 Å². The maximum absolute atomic E-state index is 5.82. The summed E-state index contributed by atoms with van der Waals surface area (Å²) in [5.74, 6) is 1.19. The van der Waals surface area contributed by atoms with Crippen LogP contribution in [0, 0.1) is 5.92 Å².